The van der Waals surface area contributed by atoms with Gasteiger partial charge in [0, 0.05) is 44.5 Å². The van der Waals surface area contributed by atoms with E-state index in [1.807, 2.05) is 13.2 Å². The number of piperazine rings is 1. The van der Waals surface area contributed by atoms with Crippen LogP contribution in [0.15, 0.2) is 6.20 Å². The van der Waals surface area contributed by atoms with Crippen molar-refractivity contribution in [1.82, 2.24) is 25.2 Å². The first-order chi connectivity index (χ1) is 9.60. The molecule has 1 N–H and O–H groups in total. The van der Waals surface area contributed by atoms with Crippen molar-refractivity contribution < 1.29 is 0 Å². The molecule has 1 aromatic heterocycles. The van der Waals surface area contributed by atoms with Gasteiger partial charge in [0.2, 0.25) is 0 Å². The number of nitrogens with one attached hydrogen (secondary N) is 1. The molecule has 2 atom stereocenters. The quantitative estimate of drug-likeness (QED) is 0.887. The van der Waals surface area contributed by atoms with E-state index in [0.29, 0.717) is 11.6 Å². The Morgan fingerprint density at radius 2 is 2.25 bits per heavy atom. The van der Waals surface area contributed by atoms with E-state index in [2.05, 4.69) is 34.4 Å². The highest BCUT2D eigenvalue weighted by molar-refractivity contribution is 5.05. The van der Waals surface area contributed by atoms with Gasteiger partial charge in [-0.25, -0.2) is 0 Å². The summed E-state index contributed by atoms with van der Waals surface area (Å²) in [5.74, 6) is 0.870. The molecule has 20 heavy (non-hydrogen) atoms. The first kappa shape index (κ1) is 14.0. The van der Waals surface area contributed by atoms with E-state index in [4.69, 9.17) is 0 Å². The highest BCUT2D eigenvalue weighted by Crippen LogP contribution is 2.41. The zero-order valence-corrected chi connectivity index (χ0v) is 13.0. The summed E-state index contributed by atoms with van der Waals surface area (Å²) in [5, 5.41) is 12.2. The van der Waals surface area contributed by atoms with Crippen LogP contribution < -0.4 is 5.32 Å². The van der Waals surface area contributed by atoms with Gasteiger partial charge < -0.3 is 5.32 Å². The van der Waals surface area contributed by atoms with E-state index in [1.54, 1.807) is 4.68 Å². The fraction of sp³-hybridized carbons (Fsp3) is 0.867. The van der Waals surface area contributed by atoms with E-state index in [0.717, 1.165) is 31.2 Å². The van der Waals surface area contributed by atoms with Crippen LogP contribution in [0.4, 0.5) is 0 Å². The van der Waals surface area contributed by atoms with Gasteiger partial charge in [0.25, 0.3) is 0 Å². The molecule has 5 heteroatoms. The van der Waals surface area contributed by atoms with Crippen molar-refractivity contribution in [2.75, 3.05) is 13.1 Å². The lowest BCUT2D eigenvalue weighted by atomic mass is 9.90. The summed E-state index contributed by atoms with van der Waals surface area (Å²) in [6.45, 7) is 7.86. The summed E-state index contributed by atoms with van der Waals surface area (Å²) in [6.07, 6.45) is 7.32. The third kappa shape index (κ3) is 2.88. The molecule has 1 aromatic rings. The van der Waals surface area contributed by atoms with Gasteiger partial charge >= 0.3 is 0 Å². The number of hydrogen-bond donors (Lipinski definition) is 1. The molecule has 0 radical (unpaired) electrons. The minimum atomic E-state index is 0.298. The predicted octanol–water partition coefficient (Wildman–Crippen LogP) is 1.56. The van der Waals surface area contributed by atoms with Gasteiger partial charge in [-0.2, -0.15) is 0 Å². The van der Waals surface area contributed by atoms with E-state index in [9.17, 15) is 0 Å². The minimum Gasteiger partial charge on any atom is -0.308 e. The number of rotatable bonds is 5. The van der Waals surface area contributed by atoms with Crippen molar-refractivity contribution >= 4 is 0 Å². The van der Waals surface area contributed by atoms with Crippen molar-refractivity contribution in [1.29, 1.82) is 0 Å². The smallest absolute Gasteiger partial charge is 0.0967 e. The summed E-state index contributed by atoms with van der Waals surface area (Å²) in [5.41, 5.74) is 1.39. The fourth-order valence-corrected chi connectivity index (χ4v) is 3.56. The van der Waals surface area contributed by atoms with Crippen molar-refractivity contribution in [2.45, 2.75) is 57.7 Å². The molecule has 1 aliphatic heterocycles. The molecular formula is C15H27N5. The largest absolute Gasteiger partial charge is 0.308 e. The first-order valence-electron chi connectivity index (χ1n) is 7.95. The minimum absolute atomic E-state index is 0.298. The topological polar surface area (TPSA) is 46.0 Å². The van der Waals surface area contributed by atoms with Crippen molar-refractivity contribution in [3.8, 4) is 0 Å². The van der Waals surface area contributed by atoms with Crippen molar-refractivity contribution in [2.24, 2.45) is 13.0 Å². The molecule has 112 valence electrons. The molecule has 1 saturated heterocycles. The molecule has 1 aliphatic carbocycles. The molecule has 0 aromatic carbocycles. The maximum Gasteiger partial charge on any atom is 0.0967 e. The maximum absolute atomic E-state index is 4.26. The highest BCUT2D eigenvalue weighted by Gasteiger charge is 2.45. The van der Waals surface area contributed by atoms with Crippen LogP contribution in [-0.2, 0) is 13.6 Å². The third-order valence-corrected chi connectivity index (χ3v) is 4.90. The zero-order valence-electron chi connectivity index (χ0n) is 13.0. The SMILES string of the molecule is CCCC1CNC(C)(C2CC2)CN1Cc1cn(C)nn1. The molecule has 3 rings (SSSR count). The third-order valence-electron chi connectivity index (χ3n) is 4.90. The normalized spacial score (nSPS) is 31.6. The van der Waals surface area contributed by atoms with E-state index < -0.39 is 0 Å². The van der Waals surface area contributed by atoms with Gasteiger partial charge in [0.1, 0.15) is 0 Å². The maximum atomic E-state index is 4.26. The Balaban J connectivity index is 1.71. The van der Waals surface area contributed by atoms with Crippen LogP contribution in [0.3, 0.4) is 0 Å². The van der Waals surface area contributed by atoms with Crippen LogP contribution in [0, 0.1) is 5.92 Å². The fourth-order valence-electron chi connectivity index (χ4n) is 3.56. The molecule has 2 heterocycles. The Kier molecular flexibility index (Phi) is 3.82. The van der Waals surface area contributed by atoms with E-state index >= 15 is 0 Å². The number of hydrogen-bond acceptors (Lipinski definition) is 4. The molecule has 2 unspecified atom stereocenters. The van der Waals surface area contributed by atoms with Gasteiger partial charge in [-0.3, -0.25) is 9.58 Å². The predicted molar refractivity (Wildman–Crippen MR) is 79.2 cm³/mol. The monoisotopic (exact) mass is 277 g/mol. The summed E-state index contributed by atoms with van der Waals surface area (Å²) >= 11 is 0. The molecule has 0 spiro atoms. The van der Waals surface area contributed by atoms with Crippen molar-refractivity contribution in [3.63, 3.8) is 0 Å². The average Bonchev–Trinajstić information content (AvgIpc) is 3.19. The molecule has 2 aliphatic rings. The molecule has 0 amide bonds. The van der Waals surface area contributed by atoms with Gasteiger partial charge in [0.15, 0.2) is 0 Å². The lowest BCUT2D eigenvalue weighted by molar-refractivity contribution is 0.0628. The number of aryl methyl sites for hydroxylation is 1. The Morgan fingerprint density at radius 3 is 2.85 bits per heavy atom. The van der Waals surface area contributed by atoms with Crippen LogP contribution in [0.1, 0.15) is 45.2 Å². The van der Waals surface area contributed by atoms with Crippen LogP contribution in [-0.4, -0.2) is 44.6 Å². The lowest BCUT2D eigenvalue weighted by Gasteiger charge is -2.46. The molecular weight excluding hydrogens is 250 g/mol. The van der Waals surface area contributed by atoms with E-state index in [1.165, 1.54) is 25.7 Å². The lowest BCUT2D eigenvalue weighted by Crippen LogP contribution is -2.63. The number of aromatic nitrogens is 3. The van der Waals surface area contributed by atoms with Gasteiger partial charge in [0.05, 0.1) is 5.69 Å². The summed E-state index contributed by atoms with van der Waals surface area (Å²) < 4.78 is 1.80. The standard InChI is InChI=1S/C15H27N5/c1-4-5-14-8-16-15(2,12-6-7-12)11-20(14)10-13-9-19(3)18-17-13/h9,12,14,16H,4-8,10-11H2,1-3H3. The van der Waals surface area contributed by atoms with Crippen LogP contribution in [0.2, 0.25) is 0 Å². The molecule has 5 nitrogen and oxygen atoms in total. The second kappa shape index (κ2) is 5.45. The summed E-state index contributed by atoms with van der Waals surface area (Å²) in [7, 11) is 1.94. The summed E-state index contributed by atoms with van der Waals surface area (Å²) in [6, 6.07) is 0.633. The second-order valence-electron chi connectivity index (χ2n) is 6.80. The van der Waals surface area contributed by atoms with Gasteiger partial charge in [-0.1, -0.05) is 18.6 Å². The highest BCUT2D eigenvalue weighted by atomic mass is 15.4. The van der Waals surface area contributed by atoms with Crippen LogP contribution in [0.25, 0.3) is 0 Å². The van der Waals surface area contributed by atoms with Gasteiger partial charge in [-0.05, 0) is 32.1 Å². The molecule has 0 bridgehead atoms. The van der Waals surface area contributed by atoms with E-state index in [-0.39, 0.29) is 0 Å². The second-order valence-corrected chi connectivity index (χ2v) is 6.80. The Bertz CT molecular complexity index is 453. The molecule has 1 saturated carbocycles. The first-order valence-corrected chi connectivity index (χ1v) is 7.95. The summed E-state index contributed by atoms with van der Waals surface area (Å²) in [4.78, 5) is 2.63. The van der Waals surface area contributed by atoms with Crippen LogP contribution >= 0.6 is 0 Å². The zero-order chi connectivity index (χ0) is 14.2. The Labute approximate surface area is 121 Å². The average molecular weight is 277 g/mol. The Morgan fingerprint density at radius 1 is 1.45 bits per heavy atom. The van der Waals surface area contributed by atoms with Gasteiger partial charge in [-0.15, -0.1) is 5.10 Å². The Hall–Kier alpha value is -0.940. The van der Waals surface area contributed by atoms with Crippen molar-refractivity contribution in [3.05, 3.63) is 11.9 Å². The van der Waals surface area contributed by atoms with Crippen LogP contribution in [0.5, 0.6) is 0 Å². The number of nitrogens with zero attached hydrogens (tertiary/aromatic N) is 4. The molecule has 2 fully saturated rings.